The van der Waals surface area contributed by atoms with E-state index in [-0.39, 0.29) is 0 Å². The fraction of sp³-hybridized carbons (Fsp3) is 0.250. The van der Waals surface area contributed by atoms with Gasteiger partial charge in [0.25, 0.3) is 0 Å². The summed E-state index contributed by atoms with van der Waals surface area (Å²) in [6, 6.07) is 17.9. The maximum absolute atomic E-state index is 3.54. The molecule has 0 fully saturated rings. The van der Waals surface area contributed by atoms with Gasteiger partial charge in [-0.05, 0) is 48.6 Å². The molecule has 0 bridgehead atoms. The Morgan fingerprint density at radius 3 is 2.65 bits per heavy atom. The van der Waals surface area contributed by atoms with Crippen LogP contribution < -0.4 is 5.32 Å². The van der Waals surface area contributed by atoms with E-state index in [9.17, 15) is 0 Å². The Morgan fingerprint density at radius 2 is 1.82 bits per heavy atom. The summed E-state index contributed by atoms with van der Waals surface area (Å²) in [5.41, 5.74) is 5.38. The third kappa shape index (κ3) is 2.05. The Labute approximate surface area is 102 Å². The van der Waals surface area contributed by atoms with Gasteiger partial charge in [0.15, 0.2) is 0 Å². The van der Waals surface area contributed by atoms with Crippen LogP contribution in [0.2, 0.25) is 0 Å². The van der Waals surface area contributed by atoms with Crippen LogP contribution in [0.5, 0.6) is 0 Å². The molecule has 1 atom stereocenters. The van der Waals surface area contributed by atoms with Crippen molar-refractivity contribution in [1.82, 2.24) is 0 Å². The van der Waals surface area contributed by atoms with Gasteiger partial charge in [-0.15, -0.1) is 0 Å². The number of hydrogen-bond donors (Lipinski definition) is 1. The summed E-state index contributed by atoms with van der Waals surface area (Å²) >= 11 is 0. The molecule has 0 aliphatic carbocycles. The Bertz CT molecular complexity index is 516. The summed E-state index contributed by atoms with van der Waals surface area (Å²) in [4.78, 5) is 0. The van der Waals surface area contributed by atoms with Crippen LogP contribution >= 0.6 is 0 Å². The number of hydrogen-bond acceptors (Lipinski definition) is 1. The van der Waals surface area contributed by atoms with E-state index in [4.69, 9.17) is 0 Å². The second kappa shape index (κ2) is 4.25. The molecule has 17 heavy (non-hydrogen) atoms. The van der Waals surface area contributed by atoms with Crippen molar-refractivity contribution in [3.8, 4) is 11.1 Å². The molecule has 0 saturated carbocycles. The fourth-order valence-electron chi connectivity index (χ4n) is 2.46. The minimum atomic E-state index is 0.602. The molecule has 1 unspecified atom stereocenters. The number of nitrogens with one attached hydrogen (secondary N) is 1. The predicted octanol–water partition coefficient (Wildman–Crippen LogP) is 4.10. The van der Waals surface area contributed by atoms with E-state index in [0.717, 1.165) is 0 Å². The van der Waals surface area contributed by atoms with Crippen LogP contribution in [-0.2, 0) is 6.42 Å². The second-order valence-corrected chi connectivity index (χ2v) is 4.82. The lowest BCUT2D eigenvalue weighted by atomic mass is 9.95. The maximum Gasteiger partial charge on any atom is 0.0375 e. The monoisotopic (exact) mass is 223 g/mol. The van der Waals surface area contributed by atoms with Gasteiger partial charge in [-0.25, -0.2) is 0 Å². The summed E-state index contributed by atoms with van der Waals surface area (Å²) in [6.07, 6.45) is 2.41. The Morgan fingerprint density at radius 1 is 1.00 bits per heavy atom. The Hall–Kier alpha value is -1.76. The zero-order valence-corrected chi connectivity index (χ0v) is 10.1. The normalized spacial score (nSPS) is 18.3. The lowest BCUT2D eigenvalue weighted by molar-refractivity contribution is 0.681. The summed E-state index contributed by atoms with van der Waals surface area (Å²) in [6.45, 7) is 2.24. The van der Waals surface area contributed by atoms with Gasteiger partial charge in [0.05, 0.1) is 0 Å². The van der Waals surface area contributed by atoms with E-state index in [2.05, 4.69) is 60.8 Å². The summed E-state index contributed by atoms with van der Waals surface area (Å²) in [5.74, 6) is 0. The molecular formula is C16H17N. The van der Waals surface area contributed by atoms with Gasteiger partial charge in [0.2, 0.25) is 0 Å². The van der Waals surface area contributed by atoms with Gasteiger partial charge in [-0.3, -0.25) is 0 Å². The highest BCUT2D eigenvalue weighted by atomic mass is 14.9. The molecule has 1 N–H and O–H groups in total. The first kappa shape index (κ1) is 10.4. The highest BCUT2D eigenvalue weighted by Gasteiger charge is 2.14. The van der Waals surface area contributed by atoms with Crippen LogP contribution in [0, 0.1) is 0 Å². The first-order valence-corrected chi connectivity index (χ1v) is 6.28. The third-order valence-corrected chi connectivity index (χ3v) is 3.46. The molecule has 3 rings (SSSR count). The Balaban J connectivity index is 1.99. The molecule has 1 heterocycles. The number of benzene rings is 2. The van der Waals surface area contributed by atoms with Crippen molar-refractivity contribution < 1.29 is 0 Å². The molecule has 86 valence electrons. The SMILES string of the molecule is CC1CCc2cc(-c3ccccc3)ccc2N1. The zero-order valence-electron chi connectivity index (χ0n) is 10.1. The smallest absolute Gasteiger partial charge is 0.0375 e. The molecule has 0 spiro atoms. The van der Waals surface area contributed by atoms with E-state index in [1.165, 1.54) is 35.2 Å². The number of rotatable bonds is 1. The maximum atomic E-state index is 3.54. The number of fused-ring (bicyclic) bond motifs is 1. The van der Waals surface area contributed by atoms with Crippen molar-refractivity contribution in [2.45, 2.75) is 25.8 Å². The molecule has 1 aliphatic rings. The van der Waals surface area contributed by atoms with Crippen LogP contribution in [0.1, 0.15) is 18.9 Å². The van der Waals surface area contributed by atoms with E-state index in [1.807, 2.05) is 0 Å². The van der Waals surface area contributed by atoms with E-state index in [1.54, 1.807) is 0 Å². The third-order valence-electron chi connectivity index (χ3n) is 3.46. The lowest BCUT2D eigenvalue weighted by Crippen LogP contribution is -2.21. The van der Waals surface area contributed by atoms with E-state index >= 15 is 0 Å². The highest BCUT2D eigenvalue weighted by Crippen LogP contribution is 2.29. The van der Waals surface area contributed by atoms with E-state index in [0.29, 0.717) is 6.04 Å². The zero-order chi connectivity index (χ0) is 11.7. The summed E-state index contributed by atoms with van der Waals surface area (Å²) in [7, 11) is 0. The van der Waals surface area contributed by atoms with Crippen molar-refractivity contribution in [2.75, 3.05) is 5.32 Å². The summed E-state index contributed by atoms with van der Waals surface area (Å²) < 4.78 is 0. The highest BCUT2D eigenvalue weighted by molar-refractivity contribution is 5.69. The van der Waals surface area contributed by atoms with Crippen LogP contribution in [0.25, 0.3) is 11.1 Å². The first-order chi connectivity index (χ1) is 8.33. The van der Waals surface area contributed by atoms with Gasteiger partial charge in [0.1, 0.15) is 0 Å². The quantitative estimate of drug-likeness (QED) is 0.767. The van der Waals surface area contributed by atoms with E-state index < -0.39 is 0 Å². The minimum Gasteiger partial charge on any atom is -0.382 e. The van der Waals surface area contributed by atoms with Crippen LogP contribution in [0.4, 0.5) is 5.69 Å². The van der Waals surface area contributed by atoms with Gasteiger partial charge in [0, 0.05) is 11.7 Å². The van der Waals surface area contributed by atoms with Crippen molar-refractivity contribution in [3.63, 3.8) is 0 Å². The lowest BCUT2D eigenvalue weighted by Gasteiger charge is -2.24. The van der Waals surface area contributed by atoms with Crippen molar-refractivity contribution in [1.29, 1.82) is 0 Å². The van der Waals surface area contributed by atoms with Crippen LogP contribution in [0.15, 0.2) is 48.5 Å². The summed E-state index contributed by atoms with van der Waals surface area (Å²) in [5, 5.41) is 3.54. The topological polar surface area (TPSA) is 12.0 Å². The first-order valence-electron chi connectivity index (χ1n) is 6.28. The molecule has 2 aromatic carbocycles. The molecular weight excluding hydrogens is 206 g/mol. The average Bonchev–Trinajstić information content (AvgIpc) is 2.39. The molecule has 0 amide bonds. The van der Waals surface area contributed by atoms with Crippen LogP contribution in [0.3, 0.4) is 0 Å². The fourth-order valence-corrected chi connectivity index (χ4v) is 2.46. The number of anilines is 1. The van der Waals surface area contributed by atoms with Crippen molar-refractivity contribution >= 4 is 5.69 Å². The molecule has 1 aliphatic heterocycles. The van der Waals surface area contributed by atoms with Gasteiger partial charge >= 0.3 is 0 Å². The van der Waals surface area contributed by atoms with Crippen molar-refractivity contribution in [3.05, 3.63) is 54.1 Å². The molecule has 0 radical (unpaired) electrons. The standard InChI is InChI=1S/C16H17N/c1-12-7-8-15-11-14(9-10-16(15)17-12)13-5-3-2-4-6-13/h2-6,9-12,17H,7-8H2,1H3. The van der Waals surface area contributed by atoms with Gasteiger partial charge in [-0.2, -0.15) is 0 Å². The van der Waals surface area contributed by atoms with Crippen LogP contribution in [-0.4, -0.2) is 6.04 Å². The van der Waals surface area contributed by atoms with Gasteiger partial charge < -0.3 is 5.32 Å². The predicted molar refractivity (Wildman–Crippen MR) is 73.3 cm³/mol. The van der Waals surface area contributed by atoms with Gasteiger partial charge in [-0.1, -0.05) is 36.4 Å². The molecule has 0 saturated heterocycles. The molecule has 1 heteroatoms. The van der Waals surface area contributed by atoms with Crippen molar-refractivity contribution in [2.24, 2.45) is 0 Å². The Kier molecular flexibility index (Phi) is 2.60. The molecule has 0 aromatic heterocycles. The number of aryl methyl sites for hydroxylation is 1. The second-order valence-electron chi connectivity index (χ2n) is 4.82. The molecule has 2 aromatic rings. The largest absolute Gasteiger partial charge is 0.382 e. The molecule has 1 nitrogen and oxygen atoms in total. The minimum absolute atomic E-state index is 0.602. The average molecular weight is 223 g/mol.